The first kappa shape index (κ1) is 31.7. The quantitative estimate of drug-likeness (QED) is 0.239. The zero-order chi connectivity index (χ0) is 32.8. The van der Waals surface area contributed by atoms with Gasteiger partial charge in [0.25, 0.3) is 5.91 Å². The van der Waals surface area contributed by atoms with Gasteiger partial charge in [-0.1, -0.05) is 43.2 Å². The number of aryl methyl sites for hydroxylation is 1. The van der Waals surface area contributed by atoms with Gasteiger partial charge in [0.1, 0.15) is 23.1 Å². The third-order valence-corrected chi connectivity index (χ3v) is 12.1. The molecule has 2 saturated carbocycles. The van der Waals surface area contributed by atoms with Crippen molar-refractivity contribution in [1.82, 2.24) is 20.5 Å². The molecule has 246 valence electrons. The zero-order valence-corrected chi connectivity index (χ0v) is 27.6. The molecular weight excluding hydrogens is 588 g/mol. The van der Waals surface area contributed by atoms with Crippen molar-refractivity contribution in [3.8, 4) is 18.1 Å². The Balaban J connectivity index is 0.954. The van der Waals surface area contributed by atoms with Crippen LogP contribution in [0, 0.1) is 29.6 Å². The van der Waals surface area contributed by atoms with Crippen molar-refractivity contribution < 1.29 is 19.4 Å². The van der Waals surface area contributed by atoms with Crippen LogP contribution in [0.2, 0.25) is 0 Å². The topological polar surface area (TPSA) is 104 Å². The molecule has 3 aliphatic carbocycles. The van der Waals surface area contributed by atoms with E-state index in [1.54, 1.807) is 18.1 Å². The Hall–Kier alpha value is -3.93. The Labute approximate surface area is 277 Å². The molecule has 0 spiro atoms. The number of nitrogens with zero attached hydrogens (tertiary/aromatic N) is 2. The first-order valence-corrected chi connectivity index (χ1v) is 17.3. The fourth-order valence-electron chi connectivity index (χ4n) is 9.46. The van der Waals surface area contributed by atoms with E-state index in [0.29, 0.717) is 62.5 Å². The molecule has 8 heteroatoms. The molecule has 0 bridgehead atoms. The van der Waals surface area contributed by atoms with Gasteiger partial charge in [0.05, 0.1) is 12.6 Å². The number of hydrogen-bond donors (Lipinski definition) is 3. The lowest BCUT2D eigenvalue weighted by molar-refractivity contribution is -0.124. The number of carbonyl (C=O) groups is 2. The van der Waals surface area contributed by atoms with Crippen molar-refractivity contribution in [2.45, 2.75) is 82.4 Å². The molecule has 6 atom stereocenters. The standard InChI is InChI=1S/C39H46N4O4/c1-4-39(46)18-16-31-29-13-11-26-23-35(47-3)27(22-30(26)28(29)15-17-38(31,39)2)24-40-19-20-41-36(44)34-10-7-21-43(34)37(45)33-14-12-25-8-5-6-9-32(25)42-33/h1,5-6,8-9,12,14,22-23,28-29,31,34,40,46H,7,10-11,13,15-21,24H2,2-3H3,(H,41,44)/t28-,29+,31-,34-,38-,39-/m0/s1. The van der Waals surface area contributed by atoms with Crippen LogP contribution < -0.4 is 15.4 Å². The summed E-state index contributed by atoms with van der Waals surface area (Å²) in [4.78, 5) is 32.8. The molecule has 2 aromatic carbocycles. The average molecular weight is 635 g/mol. The number of nitrogens with one attached hydrogen (secondary N) is 2. The van der Waals surface area contributed by atoms with Gasteiger partial charge in [-0.2, -0.15) is 0 Å². The number of hydrogen-bond acceptors (Lipinski definition) is 6. The molecule has 47 heavy (non-hydrogen) atoms. The number of aromatic nitrogens is 1. The number of terminal acetylenes is 1. The van der Waals surface area contributed by atoms with Gasteiger partial charge >= 0.3 is 0 Å². The van der Waals surface area contributed by atoms with E-state index in [-0.39, 0.29) is 17.2 Å². The van der Waals surface area contributed by atoms with E-state index >= 15 is 0 Å². The third-order valence-electron chi connectivity index (χ3n) is 12.1. The maximum absolute atomic E-state index is 13.3. The molecule has 8 nitrogen and oxygen atoms in total. The first-order valence-electron chi connectivity index (χ1n) is 17.3. The minimum absolute atomic E-state index is 0.121. The SMILES string of the molecule is C#C[C@]1(O)CC[C@H]2[C@@H]3CCc4cc(OC)c(CNCCNC(=O)[C@@H]5CCCN5C(=O)c5ccc6ccccc6n5)cc4[C@H]3CC[C@@]21C. The lowest BCUT2D eigenvalue weighted by atomic mass is 9.53. The van der Waals surface area contributed by atoms with Gasteiger partial charge in [0.15, 0.2) is 0 Å². The lowest BCUT2D eigenvalue weighted by Gasteiger charge is -2.52. The Kier molecular flexibility index (Phi) is 8.48. The van der Waals surface area contributed by atoms with Crippen LogP contribution in [0.15, 0.2) is 48.5 Å². The van der Waals surface area contributed by atoms with Gasteiger partial charge < -0.3 is 25.4 Å². The van der Waals surface area contributed by atoms with Crippen LogP contribution in [0.4, 0.5) is 0 Å². The first-order chi connectivity index (χ1) is 22.8. The summed E-state index contributed by atoms with van der Waals surface area (Å²) in [6.07, 6.45) is 13.1. The van der Waals surface area contributed by atoms with E-state index < -0.39 is 11.6 Å². The van der Waals surface area contributed by atoms with Crippen LogP contribution in [0.1, 0.15) is 85.0 Å². The summed E-state index contributed by atoms with van der Waals surface area (Å²) in [6.45, 7) is 4.46. The number of likely N-dealkylation sites (tertiary alicyclic amines) is 1. The molecule has 1 aromatic heterocycles. The van der Waals surface area contributed by atoms with Crippen LogP contribution in [0.5, 0.6) is 5.75 Å². The van der Waals surface area contributed by atoms with E-state index in [0.717, 1.165) is 60.7 Å². The highest BCUT2D eigenvalue weighted by Gasteiger charge is 2.61. The number of benzene rings is 2. The van der Waals surface area contributed by atoms with E-state index in [2.05, 4.69) is 40.6 Å². The summed E-state index contributed by atoms with van der Waals surface area (Å²) < 4.78 is 5.82. The molecule has 0 radical (unpaired) electrons. The van der Waals surface area contributed by atoms with Gasteiger partial charge in [-0.15, -0.1) is 6.42 Å². The summed E-state index contributed by atoms with van der Waals surface area (Å²) >= 11 is 0. The van der Waals surface area contributed by atoms with Crippen molar-refractivity contribution in [2.75, 3.05) is 26.7 Å². The highest BCUT2D eigenvalue weighted by molar-refractivity contribution is 5.98. The van der Waals surface area contributed by atoms with E-state index in [4.69, 9.17) is 11.2 Å². The van der Waals surface area contributed by atoms with Gasteiger partial charge in [-0.05, 0) is 98.4 Å². The number of ether oxygens (including phenoxy) is 1. The molecule has 7 rings (SSSR count). The van der Waals surface area contributed by atoms with Crippen molar-refractivity contribution in [2.24, 2.45) is 17.3 Å². The largest absolute Gasteiger partial charge is 0.496 e. The second kappa shape index (κ2) is 12.6. The van der Waals surface area contributed by atoms with Crippen LogP contribution in [0.3, 0.4) is 0 Å². The Morgan fingerprint density at radius 2 is 1.96 bits per heavy atom. The Morgan fingerprint density at radius 3 is 2.79 bits per heavy atom. The maximum atomic E-state index is 13.3. The number of amides is 2. The van der Waals surface area contributed by atoms with Crippen LogP contribution in [-0.4, -0.2) is 65.2 Å². The van der Waals surface area contributed by atoms with Crippen molar-refractivity contribution in [3.05, 3.63) is 70.9 Å². The summed E-state index contributed by atoms with van der Waals surface area (Å²) in [5, 5.41) is 18.8. The number of para-hydroxylation sites is 1. The second-order valence-corrected chi connectivity index (χ2v) is 14.3. The number of rotatable bonds is 8. The number of fused-ring (bicyclic) bond motifs is 6. The number of aliphatic hydroxyl groups is 1. The lowest BCUT2D eigenvalue weighted by Crippen LogP contribution is -2.50. The van der Waals surface area contributed by atoms with E-state index in [1.165, 1.54) is 11.1 Å². The molecule has 1 aliphatic heterocycles. The highest BCUT2D eigenvalue weighted by Crippen LogP contribution is 2.64. The summed E-state index contributed by atoms with van der Waals surface area (Å²) in [7, 11) is 1.73. The number of carbonyl (C=O) groups excluding carboxylic acids is 2. The smallest absolute Gasteiger partial charge is 0.273 e. The van der Waals surface area contributed by atoms with Crippen LogP contribution in [0.25, 0.3) is 10.9 Å². The molecule has 3 aromatic rings. The minimum Gasteiger partial charge on any atom is -0.496 e. The number of methoxy groups -OCH3 is 1. The fraction of sp³-hybridized carbons (Fsp3) is 0.513. The average Bonchev–Trinajstić information content (AvgIpc) is 3.70. The van der Waals surface area contributed by atoms with Gasteiger partial charge in [-0.3, -0.25) is 9.59 Å². The van der Waals surface area contributed by atoms with Crippen LogP contribution in [-0.2, 0) is 17.8 Å². The monoisotopic (exact) mass is 634 g/mol. The van der Waals surface area contributed by atoms with Gasteiger partial charge in [0, 0.05) is 42.5 Å². The zero-order valence-electron chi connectivity index (χ0n) is 27.6. The molecule has 3 N–H and O–H groups in total. The maximum Gasteiger partial charge on any atom is 0.273 e. The molecule has 1 saturated heterocycles. The van der Waals surface area contributed by atoms with Crippen molar-refractivity contribution in [1.29, 1.82) is 0 Å². The summed E-state index contributed by atoms with van der Waals surface area (Å²) in [5.41, 5.74) is 3.86. The predicted octanol–water partition coefficient (Wildman–Crippen LogP) is 4.97. The third kappa shape index (κ3) is 5.48. The molecule has 4 aliphatic rings. The molecular formula is C39H46N4O4. The molecule has 3 fully saturated rings. The summed E-state index contributed by atoms with van der Waals surface area (Å²) in [6, 6.07) is 15.4. The van der Waals surface area contributed by atoms with Crippen molar-refractivity contribution in [3.63, 3.8) is 0 Å². The van der Waals surface area contributed by atoms with Crippen molar-refractivity contribution >= 4 is 22.7 Å². The predicted molar refractivity (Wildman–Crippen MR) is 182 cm³/mol. The second-order valence-electron chi connectivity index (χ2n) is 14.3. The van der Waals surface area contributed by atoms with Crippen LogP contribution >= 0.6 is 0 Å². The minimum atomic E-state index is -0.993. The Morgan fingerprint density at radius 1 is 1.11 bits per heavy atom. The Bertz CT molecular complexity index is 1730. The van der Waals surface area contributed by atoms with Gasteiger partial charge in [0.2, 0.25) is 5.91 Å². The molecule has 0 unspecified atom stereocenters. The molecule has 2 amide bonds. The number of pyridine rings is 1. The molecule has 2 heterocycles. The van der Waals surface area contributed by atoms with E-state index in [1.807, 2.05) is 30.3 Å². The summed E-state index contributed by atoms with van der Waals surface area (Å²) in [5.74, 6) is 4.80. The normalized spacial score (nSPS) is 29.4. The highest BCUT2D eigenvalue weighted by atomic mass is 16.5. The van der Waals surface area contributed by atoms with Gasteiger partial charge in [-0.25, -0.2) is 4.98 Å². The van der Waals surface area contributed by atoms with E-state index in [9.17, 15) is 14.7 Å². The fourth-order valence-corrected chi connectivity index (χ4v) is 9.46.